The average molecular weight is 737 g/mol. The molecular weight excluding hydrogens is 688 g/mol. The van der Waals surface area contributed by atoms with Crippen molar-refractivity contribution in [1.82, 2.24) is 0 Å². The molecule has 0 aromatic heterocycles. The minimum absolute atomic E-state index is 0.0124. The molecule has 4 aromatic rings. The van der Waals surface area contributed by atoms with Gasteiger partial charge in [-0.25, -0.2) is 9.59 Å². The first-order valence-electron chi connectivity index (χ1n) is 18.7. The van der Waals surface area contributed by atoms with Gasteiger partial charge in [-0.1, -0.05) is 32.9 Å². The van der Waals surface area contributed by atoms with Crippen LogP contribution in [0.25, 0.3) is 11.1 Å². The lowest BCUT2D eigenvalue weighted by atomic mass is 9.84. The van der Waals surface area contributed by atoms with E-state index in [1.807, 2.05) is 38.1 Å². The molecule has 2 aliphatic heterocycles. The van der Waals surface area contributed by atoms with Gasteiger partial charge < -0.3 is 37.9 Å². The first kappa shape index (κ1) is 37.6. The third-order valence-corrected chi connectivity index (χ3v) is 10.9. The summed E-state index contributed by atoms with van der Waals surface area (Å²) in [6.07, 6.45) is 1.11. The SMILES string of the molecule is CCC1(COC(C)Oc2ccc(C(=O)Oc3ccc4c(c3)C(C)c3cc(OC(=O)c5ccc(OC(C)OCC6(CC)COC6)cc5)ccc3-4)cc2)COC1. The monoisotopic (exact) mass is 736 g/mol. The Bertz CT molecular complexity index is 1790. The Kier molecular flexibility index (Phi) is 11.1. The van der Waals surface area contributed by atoms with Crippen LogP contribution in [0.4, 0.5) is 0 Å². The summed E-state index contributed by atoms with van der Waals surface area (Å²) < 4.78 is 45.9. The van der Waals surface area contributed by atoms with Crippen LogP contribution in [0.5, 0.6) is 23.0 Å². The number of rotatable bonds is 16. The number of hydrogen-bond donors (Lipinski definition) is 0. The molecular formula is C44H48O10. The minimum atomic E-state index is -0.468. The summed E-state index contributed by atoms with van der Waals surface area (Å²) in [6.45, 7) is 14.1. The van der Waals surface area contributed by atoms with Gasteiger partial charge in [0.2, 0.25) is 0 Å². The van der Waals surface area contributed by atoms with Gasteiger partial charge in [-0.15, -0.1) is 0 Å². The lowest BCUT2D eigenvalue weighted by Gasteiger charge is -2.40. The molecule has 0 saturated carbocycles. The van der Waals surface area contributed by atoms with E-state index in [1.54, 1.807) is 60.7 Å². The fraction of sp³-hybridized carbons (Fsp3) is 0.409. The topological polar surface area (TPSA) is 108 Å². The molecule has 2 fully saturated rings. The van der Waals surface area contributed by atoms with E-state index in [4.69, 9.17) is 37.9 Å². The second kappa shape index (κ2) is 15.9. The van der Waals surface area contributed by atoms with Crippen LogP contribution < -0.4 is 18.9 Å². The van der Waals surface area contributed by atoms with Crippen LogP contribution in [0.15, 0.2) is 84.9 Å². The summed E-state index contributed by atoms with van der Waals surface area (Å²) in [4.78, 5) is 26.2. The summed E-state index contributed by atoms with van der Waals surface area (Å²) in [5, 5.41) is 0. The summed E-state index contributed by atoms with van der Waals surface area (Å²) in [5.41, 5.74) is 5.09. The number of hydrogen-bond acceptors (Lipinski definition) is 10. The van der Waals surface area contributed by atoms with E-state index in [9.17, 15) is 9.59 Å². The van der Waals surface area contributed by atoms with E-state index in [2.05, 4.69) is 20.8 Å². The smallest absolute Gasteiger partial charge is 0.343 e. The molecule has 4 aromatic carbocycles. The van der Waals surface area contributed by atoms with Crippen LogP contribution in [0.1, 0.15) is 85.2 Å². The number of carbonyl (C=O) groups is 2. The van der Waals surface area contributed by atoms with Crippen molar-refractivity contribution >= 4 is 11.9 Å². The molecule has 0 amide bonds. The molecule has 0 radical (unpaired) electrons. The maximum atomic E-state index is 13.1. The standard InChI is InChI=1S/C44H48O10/c1-6-43(22-47-23-43)26-49-29(4)51-33-12-8-31(9-13-33)41(45)53-35-16-18-37-38-19-17-36(21-40(38)28(3)39(37)20-35)54-42(46)32-10-14-34(15-11-32)52-30(5)50-27-44(7-2)24-48-25-44/h8-21,28-30H,6-7,22-27H2,1-5H3. The van der Waals surface area contributed by atoms with Gasteiger partial charge in [-0.05, 0) is 122 Å². The van der Waals surface area contributed by atoms with Crippen molar-refractivity contribution < 1.29 is 47.5 Å². The highest BCUT2D eigenvalue weighted by atomic mass is 16.7. The molecule has 0 N–H and O–H groups in total. The van der Waals surface area contributed by atoms with Crippen LogP contribution in [0.2, 0.25) is 0 Å². The van der Waals surface area contributed by atoms with Gasteiger partial charge in [0.25, 0.3) is 0 Å². The molecule has 2 unspecified atom stereocenters. The van der Waals surface area contributed by atoms with Crippen LogP contribution in [0.3, 0.4) is 0 Å². The van der Waals surface area contributed by atoms with Gasteiger partial charge in [0.15, 0.2) is 12.6 Å². The molecule has 2 atom stereocenters. The summed E-state index contributed by atoms with van der Waals surface area (Å²) in [7, 11) is 0. The van der Waals surface area contributed by atoms with E-state index in [-0.39, 0.29) is 16.7 Å². The van der Waals surface area contributed by atoms with Crippen LogP contribution in [0, 0.1) is 10.8 Å². The molecule has 10 heteroatoms. The second-order valence-electron chi connectivity index (χ2n) is 14.7. The Labute approximate surface area is 316 Å². The van der Waals surface area contributed by atoms with E-state index in [1.165, 1.54) is 0 Å². The molecule has 10 nitrogen and oxygen atoms in total. The number of carbonyl (C=O) groups excluding carboxylic acids is 2. The fourth-order valence-corrected chi connectivity index (χ4v) is 6.85. The van der Waals surface area contributed by atoms with Crippen molar-refractivity contribution in [1.29, 1.82) is 0 Å². The van der Waals surface area contributed by atoms with Crippen molar-refractivity contribution in [2.75, 3.05) is 39.6 Å². The highest BCUT2D eigenvalue weighted by Crippen LogP contribution is 2.47. The molecule has 2 heterocycles. The summed E-state index contributed by atoms with van der Waals surface area (Å²) in [6, 6.07) is 25.0. The zero-order valence-electron chi connectivity index (χ0n) is 31.6. The summed E-state index contributed by atoms with van der Waals surface area (Å²) in [5.74, 6) is 1.15. The van der Waals surface area contributed by atoms with Gasteiger partial charge in [0.05, 0.1) is 50.8 Å². The lowest BCUT2D eigenvalue weighted by Crippen LogP contribution is -2.46. The predicted molar refractivity (Wildman–Crippen MR) is 201 cm³/mol. The van der Waals surface area contributed by atoms with Crippen molar-refractivity contribution in [2.45, 2.75) is 66.0 Å². The fourth-order valence-electron chi connectivity index (χ4n) is 6.85. The molecule has 0 spiro atoms. The van der Waals surface area contributed by atoms with Crippen molar-refractivity contribution in [3.8, 4) is 34.1 Å². The Hall–Kier alpha value is -4.74. The third kappa shape index (κ3) is 8.17. The summed E-state index contributed by atoms with van der Waals surface area (Å²) >= 11 is 0. The number of ether oxygens (including phenoxy) is 8. The van der Waals surface area contributed by atoms with Crippen molar-refractivity contribution in [2.24, 2.45) is 10.8 Å². The molecule has 7 rings (SSSR count). The van der Waals surface area contributed by atoms with Crippen molar-refractivity contribution in [3.05, 3.63) is 107 Å². The zero-order valence-corrected chi connectivity index (χ0v) is 31.6. The highest BCUT2D eigenvalue weighted by Gasteiger charge is 2.38. The quantitative estimate of drug-likeness (QED) is 0.0631. The van der Waals surface area contributed by atoms with E-state index in [0.29, 0.717) is 73.8 Å². The predicted octanol–water partition coefficient (Wildman–Crippen LogP) is 8.59. The molecule has 0 bridgehead atoms. The Morgan fingerprint density at radius 3 is 1.31 bits per heavy atom. The Balaban J connectivity index is 0.913. The molecule has 2 saturated heterocycles. The van der Waals surface area contributed by atoms with E-state index >= 15 is 0 Å². The van der Waals surface area contributed by atoms with Gasteiger partial charge >= 0.3 is 11.9 Å². The van der Waals surface area contributed by atoms with Gasteiger partial charge in [-0.3, -0.25) is 0 Å². The second-order valence-corrected chi connectivity index (χ2v) is 14.7. The average Bonchev–Trinajstić information content (AvgIpc) is 3.41. The molecule has 3 aliphatic rings. The molecule has 1 aliphatic carbocycles. The highest BCUT2D eigenvalue weighted by molar-refractivity contribution is 5.92. The van der Waals surface area contributed by atoms with E-state index in [0.717, 1.165) is 35.1 Å². The molecule has 54 heavy (non-hydrogen) atoms. The van der Waals surface area contributed by atoms with Gasteiger partial charge in [0.1, 0.15) is 23.0 Å². The largest absolute Gasteiger partial charge is 0.465 e. The molecule has 284 valence electrons. The Morgan fingerprint density at radius 2 is 0.981 bits per heavy atom. The zero-order chi connectivity index (χ0) is 37.9. The first-order chi connectivity index (χ1) is 26.1. The van der Waals surface area contributed by atoms with Gasteiger partial charge in [-0.2, -0.15) is 0 Å². The lowest BCUT2D eigenvalue weighted by molar-refractivity contribution is -0.182. The van der Waals surface area contributed by atoms with Crippen LogP contribution >= 0.6 is 0 Å². The third-order valence-electron chi connectivity index (χ3n) is 10.9. The Morgan fingerprint density at radius 1 is 0.611 bits per heavy atom. The number of benzene rings is 4. The van der Waals surface area contributed by atoms with Crippen molar-refractivity contribution in [3.63, 3.8) is 0 Å². The van der Waals surface area contributed by atoms with Gasteiger partial charge in [0, 0.05) is 16.7 Å². The van der Waals surface area contributed by atoms with E-state index < -0.39 is 24.5 Å². The first-order valence-corrected chi connectivity index (χ1v) is 18.7. The van der Waals surface area contributed by atoms with Crippen LogP contribution in [-0.4, -0.2) is 64.2 Å². The minimum Gasteiger partial charge on any atom is -0.465 e. The maximum Gasteiger partial charge on any atom is 0.343 e. The number of fused-ring (bicyclic) bond motifs is 3. The maximum absolute atomic E-state index is 13.1. The normalized spacial score (nSPS) is 18.6. The number of esters is 2. The van der Waals surface area contributed by atoms with Crippen LogP contribution in [-0.2, 0) is 18.9 Å².